The van der Waals surface area contributed by atoms with Gasteiger partial charge >= 0.3 is 0 Å². The molecule has 134 valence electrons. The standard InChI is InChI=1S/C18H19ClN6S/c1-23-7-12-9-25(10-13(12)8-23)18-22-21-17(26-18)15-3-2-14(6-16(15)19)24-5-4-20-11-24/h2-6,11-13H,7-10H2,1H3/t12-,13+. The quantitative estimate of drug-likeness (QED) is 0.692. The van der Waals surface area contributed by atoms with E-state index in [2.05, 4.69) is 32.0 Å². The van der Waals surface area contributed by atoms with Crippen LogP contribution >= 0.6 is 22.9 Å². The van der Waals surface area contributed by atoms with E-state index in [-0.39, 0.29) is 0 Å². The molecule has 0 unspecified atom stereocenters. The molecule has 2 fully saturated rings. The van der Waals surface area contributed by atoms with Gasteiger partial charge in [0.05, 0.1) is 11.3 Å². The Morgan fingerprint density at radius 1 is 1.12 bits per heavy atom. The van der Waals surface area contributed by atoms with Crippen molar-refractivity contribution in [3.8, 4) is 16.3 Å². The molecule has 6 nitrogen and oxygen atoms in total. The van der Waals surface area contributed by atoms with E-state index in [1.54, 1.807) is 23.9 Å². The summed E-state index contributed by atoms with van der Waals surface area (Å²) in [5.74, 6) is 1.51. The zero-order valence-electron chi connectivity index (χ0n) is 14.4. The molecule has 0 spiro atoms. The molecule has 0 radical (unpaired) electrons. The van der Waals surface area contributed by atoms with Crippen LogP contribution in [-0.4, -0.2) is 57.9 Å². The van der Waals surface area contributed by atoms with Crippen molar-refractivity contribution in [1.82, 2.24) is 24.6 Å². The molecule has 5 rings (SSSR count). The van der Waals surface area contributed by atoms with Crippen LogP contribution in [0, 0.1) is 11.8 Å². The number of anilines is 1. The summed E-state index contributed by atoms with van der Waals surface area (Å²) in [5.41, 5.74) is 1.91. The lowest BCUT2D eigenvalue weighted by Crippen LogP contribution is -2.26. The number of imidazole rings is 1. The van der Waals surface area contributed by atoms with Crippen LogP contribution in [0.25, 0.3) is 16.3 Å². The summed E-state index contributed by atoms with van der Waals surface area (Å²) in [7, 11) is 2.21. The summed E-state index contributed by atoms with van der Waals surface area (Å²) in [6.45, 7) is 4.54. The van der Waals surface area contributed by atoms with E-state index >= 15 is 0 Å². The summed E-state index contributed by atoms with van der Waals surface area (Å²) >= 11 is 8.16. The predicted molar refractivity (Wildman–Crippen MR) is 104 cm³/mol. The fourth-order valence-electron chi connectivity index (χ4n) is 4.09. The Balaban J connectivity index is 1.37. The Morgan fingerprint density at radius 2 is 1.92 bits per heavy atom. The van der Waals surface area contributed by atoms with Gasteiger partial charge in [0.15, 0.2) is 5.01 Å². The third-order valence-corrected chi connectivity index (χ3v) is 6.67. The predicted octanol–water partition coefficient (Wildman–Crippen LogP) is 3.04. The molecule has 4 heterocycles. The first-order valence-electron chi connectivity index (χ1n) is 8.72. The molecule has 1 aromatic carbocycles. The van der Waals surface area contributed by atoms with Gasteiger partial charge < -0.3 is 14.4 Å². The molecule has 3 aromatic rings. The number of halogens is 1. The van der Waals surface area contributed by atoms with Gasteiger partial charge in [-0.1, -0.05) is 22.9 Å². The molecular weight excluding hydrogens is 368 g/mol. The van der Waals surface area contributed by atoms with Crippen molar-refractivity contribution in [3.63, 3.8) is 0 Å². The molecule has 2 aliphatic heterocycles. The fourth-order valence-corrected chi connectivity index (χ4v) is 5.31. The number of rotatable bonds is 3. The van der Waals surface area contributed by atoms with Gasteiger partial charge in [-0.3, -0.25) is 0 Å². The van der Waals surface area contributed by atoms with Crippen molar-refractivity contribution in [1.29, 1.82) is 0 Å². The van der Waals surface area contributed by atoms with Crippen LogP contribution < -0.4 is 4.90 Å². The van der Waals surface area contributed by atoms with Gasteiger partial charge in [-0.05, 0) is 37.1 Å². The number of likely N-dealkylation sites (tertiary alicyclic amines) is 1. The maximum Gasteiger partial charge on any atom is 0.208 e. The normalized spacial score (nSPS) is 22.9. The highest BCUT2D eigenvalue weighted by molar-refractivity contribution is 7.18. The minimum absolute atomic E-state index is 0.679. The molecule has 0 bridgehead atoms. The first-order chi connectivity index (χ1) is 12.7. The van der Waals surface area contributed by atoms with Crippen LogP contribution in [0.15, 0.2) is 36.9 Å². The molecule has 2 aromatic heterocycles. The Kier molecular flexibility index (Phi) is 3.95. The van der Waals surface area contributed by atoms with E-state index in [4.69, 9.17) is 11.6 Å². The highest BCUT2D eigenvalue weighted by Crippen LogP contribution is 2.38. The van der Waals surface area contributed by atoms with Crippen LogP contribution in [0.1, 0.15) is 0 Å². The Labute approximate surface area is 161 Å². The molecule has 0 N–H and O–H groups in total. The lowest BCUT2D eigenvalue weighted by Gasteiger charge is -2.17. The number of fused-ring (bicyclic) bond motifs is 1. The van der Waals surface area contributed by atoms with Crippen molar-refractivity contribution in [2.24, 2.45) is 11.8 Å². The lowest BCUT2D eigenvalue weighted by molar-refractivity contribution is 0.387. The van der Waals surface area contributed by atoms with Crippen LogP contribution in [-0.2, 0) is 0 Å². The van der Waals surface area contributed by atoms with Crippen LogP contribution in [0.2, 0.25) is 5.02 Å². The second-order valence-corrected chi connectivity index (χ2v) is 8.53. The van der Waals surface area contributed by atoms with Crippen molar-refractivity contribution < 1.29 is 0 Å². The Morgan fingerprint density at radius 3 is 2.62 bits per heavy atom. The largest absolute Gasteiger partial charge is 0.346 e. The second-order valence-electron chi connectivity index (χ2n) is 7.17. The number of benzene rings is 1. The monoisotopic (exact) mass is 386 g/mol. The third-order valence-electron chi connectivity index (χ3n) is 5.34. The highest BCUT2D eigenvalue weighted by Gasteiger charge is 2.39. The summed E-state index contributed by atoms with van der Waals surface area (Å²) in [4.78, 5) is 8.89. The van der Waals surface area contributed by atoms with Gasteiger partial charge in [0.2, 0.25) is 5.13 Å². The van der Waals surface area contributed by atoms with Gasteiger partial charge in [0.1, 0.15) is 0 Å². The van der Waals surface area contributed by atoms with Gasteiger partial charge in [0, 0.05) is 49.8 Å². The topological polar surface area (TPSA) is 50.1 Å². The molecule has 26 heavy (non-hydrogen) atoms. The first kappa shape index (κ1) is 16.2. The van der Waals surface area contributed by atoms with E-state index in [1.165, 1.54) is 13.1 Å². The maximum absolute atomic E-state index is 6.53. The molecule has 0 aliphatic carbocycles. The minimum Gasteiger partial charge on any atom is -0.346 e. The van der Waals surface area contributed by atoms with Gasteiger partial charge in [0.25, 0.3) is 0 Å². The maximum atomic E-state index is 6.53. The lowest BCUT2D eigenvalue weighted by atomic mass is 10.0. The van der Waals surface area contributed by atoms with Crippen molar-refractivity contribution in [3.05, 3.63) is 41.9 Å². The van der Waals surface area contributed by atoms with Crippen molar-refractivity contribution in [2.75, 3.05) is 38.1 Å². The average molecular weight is 387 g/mol. The zero-order valence-corrected chi connectivity index (χ0v) is 16.0. The van der Waals surface area contributed by atoms with Crippen LogP contribution in [0.5, 0.6) is 0 Å². The fraction of sp³-hybridized carbons (Fsp3) is 0.389. The van der Waals surface area contributed by atoms with E-state index in [9.17, 15) is 0 Å². The summed E-state index contributed by atoms with van der Waals surface area (Å²) in [5, 5.41) is 11.4. The van der Waals surface area contributed by atoms with E-state index < -0.39 is 0 Å². The molecule has 0 amide bonds. The zero-order chi connectivity index (χ0) is 17.7. The van der Waals surface area contributed by atoms with Crippen LogP contribution in [0.4, 0.5) is 5.13 Å². The Bertz CT molecular complexity index is 910. The smallest absolute Gasteiger partial charge is 0.208 e. The second kappa shape index (κ2) is 6.33. The van der Waals surface area contributed by atoms with E-state index in [0.717, 1.165) is 46.3 Å². The minimum atomic E-state index is 0.679. The molecule has 2 saturated heterocycles. The number of nitrogens with zero attached hydrogens (tertiary/aromatic N) is 6. The van der Waals surface area contributed by atoms with E-state index in [0.29, 0.717) is 5.02 Å². The first-order valence-corrected chi connectivity index (χ1v) is 9.92. The molecule has 2 atom stereocenters. The number of aromatic nitrogens is 4. The van der Waals surface area contributed by atoms with Crippen LogP contribution in [0.3, 0.4) is 0 Å². The highest BCUT2D eigenvalue weighted by atomic mass is 35.5. The average Bonchev–Trinajstić information content (AvgIpc) is 3.38. The van der Waals surface area contributed by atoms with Gasteiger partial charge in [-0.25, -0.2) is 4.98 Å². The van der Waals surface area contributed by atoms with Crippen molar-refractivity contribution >= 4 is 28.1 Å². The van der Waals surface area contributed by atoms with Gasteiger partial charge in [-0.2, -0.15) is 0 Å². The van der Waals surface area contributed by atoms with Crippen molar-refractivity contribution in [2.45, 2.75) is 0 Å². The molecule has 0 saturated carbocycles. The third kappa shape index (κ3) is 2.80. The summed E-state index contributed by atoms with van der Waals surface area (Å²) in [6.07, 6.45) is 5.41. The SMILES string of the molecule is CN1C[C@@H]2CN(c3nnc(-c4ccc(-n5ccnc5)cc4Cl)s3)C[C@@H]2C1. The number of hydrogen-bond donors (Lipinski definition) is 0. The molecule has 2 aliphatic rings. The summed E-state index contributed by atoms with van der Waals surface area (Å²) < 4.78 is 1.93. The van der Waals surface area contributed by atoms with Gasteiger partial charge in [-0.15, -0.1) is 10.2 Å². The summed E-state index contributed by atoms with van der Waals surface area (Å²) in [6, 6.07) is 5.98. The molecule has 8 heteroatoms. The van der Waals surface area contributed by atoms with E-state index in [1.807, 2.05) is 29.0 Å². The Hall–Kier alpha value is -1.96. The molecular formula is C18H19ClN6S. The number of hydrogen-bond acceptors (Lipinski definition) is 6.